The number of fused-ring (bicyclic) bond motifs is 1. The molecule has 0 N–H and O–H groups in total. The molecule has 0 bridgehead atoms. The summed E-state index contributed by atoms with van der Waals surface area (Å²) in [5.41, 5.74) is 1.33. The first-order valence-corrected chi connectivity index (χ1v) is 6.04. The highest BCUT2D eigenvalue weighted by atomic mass is 16.6. The summed E-state index contributed by atoms with van der Waals surface area (Å²) in [6.45, 7) is 2.26. The lowest BCUT2D eigenvalue weighted by Crippen LogP contribution is -2.47. The van der Waals surface area contributed by atoms with Crippen molar-refractivity contribution in [2.24, 2.45) is 0 Å². The lowest BCUT2D eigenvalue weighted by atomic mass is 10.2. The standard InChI is InChI=1S/C12H12N4O3/c17-12-10-2-1-5-14(10)6-7-15(12)9-3-4-11(13-8-9)16(18)19/h2-4,8H,1,5-7H2. The third kappa shape index (κ3) is 1.92. The van der Waals surface area contributed by atoms with Crippen LogP contribution in [0.15, 0.2) is 30.1 Å². The highest BCUT2D eigenvalue weighted by Crippen LogP contribution is 2.26. The Bertz CT molecular complexity index is 567. The lowest BCUT2D eigenvalue weighted by Gasteiger charge is -2.34. The second-order valence-corrected chi connectivity index (χ2v) is 4.45. The van der Waals surface area contributed by atoms with Crippen molar-refractivity contribution in [3.05, 3.63) is 40.2 Å². The molecule has 0 aromatic carbocycles. The summed E-state index contributed by atoms with van der Waals surface area (Å²) in [4.78, 5) is 29.7. The Morgan fingerprint density at radius 2 is 2.11 bits per heavy atom. The average Bonchev–Trinajstić information content (AvgIpc) is 2.88. The van der Waals surface area contributed by atoms with E-state index in [2.05, 4.69) is 9.88 Å². The molecule has 1 amide bonds. The second-order valence-electron chi connectivity index (χ2n) is 4.45. The number of amides is 1. The van der Waals surface area contributed by atoms with Gasteiger partial charge in [0.1, 0.15) is 0 Å². The van der Waals surface area contributed by atoms with E-state index in [-0.39, 0.29) is 11.7 Å². The predicted octanol–water partition coefficient (Wildman–Crippen LogP) is 0.926. The normalized spacial score (nSPS) is 18.3. The molecule has 7 nitrogen and oxygen atoms in total. The maximum Gasteiger partial charge on any atom is 0.363 e. The molecule has 0 unspecified atom stereocenters. The maximum atomic E-state index is 12.3. The molecule has 0 atom stereocenters. The van der Waals surface area contributed by atoms with E-state index in [0.717, 1.165) is 25.2 Å². The average molecular weight is 260 g/mol. The van der Waals surface area contributed by atoms with Gasteiger partial charge in [0.05, 0.1) is 11.4 Å². The first kappa shape index (κ1) is 11.6. The van der Waals surface area contributed by atoms with Gasteiger partial charge in [-0.25, -0.2) is 0 Å². The molecule has 98 valence electrons. The molecule has 3 heterocycles. The minimum absolute atomic E-state index is 0.0561. The van der Waals surface area contributed by atoms with Gasteiger partial charge in [-0.3, -0.25) is 4.79 Å². The number of pyridine rings is 1. The quantitative estimate of drug-likeness (QED) is 0.583. The van der Waals surface area contributed by atoms with E-state index in [1.165, 1.54) is 12.3 Å². The fourth-order valence-electron chi connectivity index (χ4n) is 2.41. The summed E-state index contributed by atoms with van der Waals surface area (Å²) in [5, 5.41) is 10.5. The van der Waals surface area contributed by atoms with Crippen molar-refractivity contribution in [1.29, 1.82) is 0 Å². The number of rotatable bonds is 2. The van der Waals surface area contributed by atoms with Gasteiger partial charge in [0, 0.05) is 25.7 Å². The zero-order valence-corrected chi connectivity index (χ0v) is 10.2. The highest BCUT2D eigenvalue weighted by molar-refractivity contribution is 6.06. The van der Waals surface area contributed by atoms with Crippen LogP contribution in [0.25, 0.3) is 0 Å². The SMILES string of the molecule is O=C1C2=CCCN2CCN1c1ccc([N+](=O)[O-])nc1. The van der Waals surface area contributed by atoms with Crippen LogP contribution in [0.5, 0.6) is 0 Å². The summed E-state index contributed by atoms with van der Waals surface area (Å²) in [6, 6.07) is 2.88. The van der Waals surface area contributed by atoms with Crippen molar-refractivity contribution in [3.63, 3.8) is 0 Å². The summed E-state index contributed by atoms with van der Waals surface area (Å²) in [6.07, 6.45) is 4.21. The molecule has 1 fully saturated rings. The topological polar surface area (TPSA) is 79.6 Å². The number of hydrogen-bond acceptors (Lipinski definition) is 5. The molecular weight excluding hydrogens is 248 g/mol. The van der Waals surface area contributed by atoms with Crippen molar-refractivity contribution < 1.29 is 9.72 Å². The third-order valence-electron chi connectivity index (χ3n) is 3.37. The van der Waals surface area contributed by atoms with Gasteiger partial charge in [0.2, 0.25) is 0 Å². The smallest absolute Gasteiger partial charge is 0.363 e. The summed E-state index contributed by atoms with van der Waals surface area (Å²) in [5.74, 6) is -0.269. The van der Waals surface area contributed by atoms with E-state index < -0.39 is 4.92 Å². The van der Waals surface area contributed by atoms with Crippen LogP contribution in [0.2, 0.25) is 0 Å². The van der Waals surface area contributed by atoms with Crippen molar-refractivity contribution in [3.8, 4) is 0 Å². The first-order chi connectivity index (χ1) is 9.16. The number of piperazine rings is 1. The fourth-order valence-corrected chi connectivity index (χ4v) is 2.41. The predicted molar refractivity (Wildman–Crippen MR) is 67.5 cm³/mol. The zero-order valence-electron chi connectivity index (χ0n) is 10.2. The first-order valence-electron chi connectivity index (χ1n) is 6.04. The Morgan fingerprint density at radius 1 is 1.26 bits per heavy atom. The van der Waals surface area contributed by atoms with Crippen LogP contribution >= 0.6 is 0 Å². The Balaban J connectivity index is 1.86. The van der Waals surface area contributed by atoms with Crippen LogP contribution in [0, 0.1) is 10.1 Å². The van der Waals surface area contributed by atoms with E-state index in [4.69, 9.17) is 0 Å². The molecule has 0 aliphatic carbocycles. The summed E-state index contributed by atoms with van der Waals surface area (Å²) < 4.78 is 0. The van der Waals surface area contributed by atoms with Crippen molar-refractivity contribution in [2.75, 3.05) is 24.5 Å². The minimum atomic E-state index is -0.553. The zero-order chi connectivity index (χ0) is 13.4. The Labute approximate surface area is 109 Å². The van der Waals surface area contributed by atoms with Crippen molar-refractivity contribution >= 4 is 17.4 Å². The van der Waals surface area contributed by atoms with E-state index in [0.29, 0.717) is 12.2 Å². The van der Waals surface area contributed by atoms with E-state index in [1.54, 1.807) is 11.0 Å². The summed E-state index contributed by atoms with van der Waals surface area (Å²) in [7, 11) is 0. The van der Waals surface area contributed by atoms with Gasteiger partial charge in [-0.05, 0) is 22.4 Å². The Morgan fingerprint density at radius 3 is 2.79 bits per heavy atom. The molecule has 19 heavy (non-hydrogen) atoms. The molecule has 1 saturated heterocycles. The molecule has 0 spiro atoms. The van der Waals surface area contributed by atoms with Gasteiger partial charge in [-0.15, -0.1) is 0 Å². The van der Waals surface area contributed by atoms with Crippen molar-refractivity contribution in [1.82, 2.24) is 9.88 Å². The van der Waals surface area contributed by atoms with Crippen LogP contribution in [0.1, 0.15) is 6.42 Å². The molecule has 2 aliphatic rings. The van der Waals surface area contributed by atoms with E-state index in [1.807, 2.05) is 6.08 Å². The monoisotopic (exact) mass is 260 g/mol. The Hall–Kier alpha value is -2.44. The molecule has 7 heteroatoms. The number of nitrogens with zero attached hydrogens (tertiary/aromatic N) is 4. The molecule has 0 saturated carbocycles. The fraction of sp³-hybridized carbons (Fsp3) is 0.333. The van der Waals surface area contributed by atoms with Crippen LogP contribution in [0.3, 0.4) is 0 Å². The number of carbonyl (C=O) groups is 1. The number of anilines is 1. The number of hydrogen-bond donors (Lipinski definition) is 0. The maximum absolute atomic E-state index is 12.3. The number of carbonyl (C=O) groups excluding carboxylic acids is 1. The molecular formula is C12H12N4O3. The summed E-state index contributed by atoms with van der Waals surface area (Å²) >= 11 is 0. The third-order valence-corrected chi connectivity index (χ3v) is 3.37. The molecule has 1 aromatic heterocycles. The van der Waals surface area contributed by atoms with Gasteiger partial charge < -0.3 is 19.9 Å². The highest BCUT2D eigenvalue weighted by Gasteiger charge is 2.32. The van der Waals surface area contributed by atoms with Gasteiger partial charge >= 0.3 is 5.82 Å². The van der Waals surface area contributed by atoms with Gasteiger partial charge in [0.25, 0.3) is 5.91 Å². The number of nitro groups is 1. The van der Waals surface area contributed by atoms with Gasteiger partial charge in [0.15, 0.2) is 6.20 Å². The van der Waals surface area contributed by atoms with E-state index in [9.17, 15) is 14.9 Å². The Kier molecular flexibility index (Phi) is 2.66. The second kappa shape index (κ2) is 4.34. The van der Waals surface area contributed by atoms with Crippen LogP contribution in [-0.2, 0) is 4.79 Å². The van der Waals surface area contributed by atoms with Gasteiger partial charge in [-0.1, -0.05) is 6.08 Å². The van der Waals surface area contributed by atoms with Crippen LogP contribution in [-0.4, -0.2) is 40.3 Å². The van der Waals surface area contributed by atoms with Crippen molar-refractivity contribution in [2.45, 2.75) is 6.42 Å². The van der Waals surface area contributed by atoms with Crippen LogP contribution in [0.4, 0.5) is 11.5 Å². The number of aromatic nitrogens is 1. The molecule has 1 aromatic rings. The molecule has 3 rings (SSSR count). The van der Waals surface area contributed by atoms with Gasteiger partial charge in [-0.2, -0.15) is 0 Å². The molecule has 0 radical (unpaired) electrons. The lowest BCUT2D eigenvalue weighted by molar-refractivity contribution is -0.389. The largest absolute Gasteiger partial charge is 0.365 e. The van der Waals surface area contributed by atoms with Crippen LogP contribution < -0.4 is 4.90 Å². The van der Waals surface area contributed by atoms with E-state index >= 15 is 0 Å². The minimum Gasteiger partial charge on any atom is -0.365 e. The molecule has 2 aliphatic heterocycles.